The number of anilines is 1. The van der Waals surface area contributed by atoms with Gasteiger partial charge in [0, 0.05) is 7.05 Å². The SMILES string of the molecule is CNc1nnc(C2CCCCN2)o1. The van der Waals surface area contributed by atoms with Crippen molar-refractivity contribution in [1.29, 1.82) is 0 Å². The van der Waals surface area contributed by atoms with Crippen LogP contribution in [-0.2, 0) is 0 Å². The molecule has 5 heteroatoms. The average Bonchev–Trinajstić information content (AvgIpc) is 2.67. The van der Waals surface area contributed by atoms with Crippen molar-refractivity contribution in [3.8, 4) is 0 Å². The first-order valence-corrected chi connectivity index (χ1v) is 4.64. The van der Waals surface area contributed by atoms with Crippen molar-refractivity contribution in [1.82, 2.24) is 15.5 Å². The van der Waals surface area contributed by atoms with Gasteiger partial charge in [0.25, 0.3) is 0 Å². The van der Waals surface area contributed by atoms with Gasteiger partial charge < -0.3 is 15.1 Å². The molecular weight excluding hydrogens is 168 g/mol. The monoisotopic (exact) mass is 182 g/mol. The van der Waals surface area contributed by atoms with E-state index in [1.807, 2.05) is 0 Å². The summed E-state index contributed by atoms with van der Waals surface area (Å²) in [5.41, 5.74) is 0. The number of hydrogen-bond donors (Lipinski definition) is 2. The first kappa shape index (κ1) is 8.50. The molecule has 1 aliphatic rings. The second-order valence-corrected chi connectivity index (χ2v) is 3.20. The number of rotatable bonds is 2. The predicted octanol–water partition coefficient (Wildman–Crippen LogP) is 0.926. The van der Waals surface area contributed by atoms with Crippen molar-refractivity contribution >= 4 is 6.01 Å². The van der Waals surface area contributed by atoms with Crippen molar-refractivity contribution in [2.75, 3.05) is 18.9 Å². The largest absolute Gasteiger partial charge is 0.406 e. The van der Waals surface area contributed by atoms with Gasteiger partial charge in [0.05, 0.1) is 6.04 Å². The number of hydrogen-bond acceptors (Lipinski definition) is 5. The minimum Gasteiger partial charge on any atom is -0.406 e. The summed E-state index contributed by atoms with van der Waals surface area (Å²) in [7, 11) is 1.77. The first-order valence-electron chi connectivity index (χ1n) is 4.64. The molecule has 1 atom stereocenters. The maximum Gasteiger partial charge on any atom is 0.315 e. The van der Waals surface area contributed by atoms with E-state index in [0.717, 1.165) is 13.0 Å². The highest BCUT2D eigenvalue weighted by Crippen LogP contribution is 2.22. The van der Waals surface area contributed by atoms with Gasteiger partial charge in [0.1, 0.15) is 0 Å². The van der Waals surface area contributed by atoms with Crippen LogP contribution in [0.2, 0.25) is 0 Å². The third-order valence-electron chi connectivity index (χ3n) is 2.26. The molecule has 2 rings (SSSR count). The molecule has 0 radical (unpaired) electrons. The summed E-state index contributed by atoms with van der Waals surface area (Å²) in [6.45, 7) is 1.04. The van der Waals surface area contributed by atoms with Gasteiger partial charge >= 0.3 is 6.01 Å². The molecule has 13 heavy (non-hydrogen) atoms. The van der Waals surface area contributed by atoms with Crippen LogP contribution in [0.25, 0.3) is 0 Å². The zero-order valence-corrected chi connectivity index (χ0v) is 7.71. The van der Waals surface area contributed by atoms with Gasteiger partial charge in [-0.05, 0) is 19.4 Å². The Bertz CT molecular complexity index is 267. The molecule has 1 fully saturated rings. The van der Waals surface area contributed by atoms with Gasteiger partial charge in [-0.2, -0.15) is 0 Å². The van der Waals surface area contributed by atoms with Gasteiger partial charge in [-0.3, -0.25) is 0 Å². The van der Waals surface area contributed by atoms with Crippen molar-refractivity contribution < 1.29 is 4.42 Å². The fraction of sp³-hybridized carbons (Fsp3) is 0.750. The minimum atomic E-state index is 0.253. The van der Waals surface area contributed by atoms with Gasteiger partial charge in [-0.15, -0.1) is 5.10 Å². The molecule has 0 aliphatic carbocycles. The molecule has 72 valence electrons. The van der Waals surface area contributed by atoms with Gasteiger partial charge in [0.15, 0.2) is 0 Å². The lowest BCUT2D eigenvalue weighted by Crippen LogP contribution is -2.26. The van der Waals surface area contributed by atoms with E-state index < -0.39 is 0 Å². The van der Waals surface area contributed by atoms with Crippen molar-refractivity contribution in [2.24, 2.45) is 0 Å². The standard InChI is InChI=1S/C8H14N4O/c1-9-8-12-11-7(13-8)6-4-2-3-5-10-6/h6,10H,2-5H2,1H3,(H,9,12). The van der Waals surface area contributed by atoms with Crippen LogP contribution in [0.5, 0.6) is 0 Å². The number of nitrogens with zero attached hydrogens (tertiary/aromatic N) is 2. The van der Waals surface area contributed by atoms with Crippen LogP contribution in [0.3, 0.4) is 0 Å². The van der Waals surface area contributed by atoms with Crippen LogP contribution < -0.4 is 10.6 Å². The Labute approximate surface area is 76.9 Å². The molecule has 0 saturated carbocycles. The summed E-state index contributed by atoms with van der Waals surface area (Å²) < 4.78 is 5.38. The van der Waals surface area contributed by atoms with Crippen LogP contribution >= 0.6 is 0 Å². The number of nitrogens with one attached hydrogen (secondary N) is 2. The summed E-state index contributed by atoms with van der Waals surface area (Å²) in [4.78, 5) is 0. The average molecular weight is 182 g/mol. The molecule has 0 aromatic carbocycles. The number of aromatic nitrogens is 2. The molecule has 1 saturated heterocycles. The third-order valence-corrected chi connectivity index (χ3v) is 2.26. The zero-order valence-electron chi connectivity index (χ0n) is 7.71. The molecule has 1 aliphatic heterocycles. The zero-order chi connectivity index (χ0) is 9.10. The Hall–Kier alpha value is -1.10. The minimum absolute atomic E-state index is 0.253. The summed E-state index contributed by atoms with van der Waals surface area (Å²) >= 11 is 0. The van der Waals surface area contributed by atoms with E-state index in [9.17, 15) is 0 Å². The second-order valence-electron chi connectivity index (χ2n) is 3.20. The Morgan fingerprint density at radius 2 is 2.38 bits per heavy atom. The molecule has 0 spiro atoms. The molecule has 0 amide bonds. The maximum atomic E-state index is 5.38. The molecule has 0 bridgehead atoms. The van der Waals surface area contributed by atoms with Crippen LogP contribution in [0.1, 0.15) is 31.2 Å². The fourth-order valence-corrected chi connectivity index (χ4v) is 1.54. The Balaban J connectivity index is 2.05. The highest BCUT2D eigenvalue weighted by atomic mass is 16.4. The maximum absolute atomic E-state index is 5.38. The topological polar surface area (TPSA) is 63.0 Å². The van der Waals surface area contributed by atoms with Gasteiger partial charge in [-0.1, -0.05) is 11.5 Å². The van der Waals surface area contributed by atoms with Crippen LogP contribution in [0.4, 0.5) is 6.01 Å². The highest BCUT2D eigenvalue weighted by Gasteiger charge is 2.20. The Kier molecular flexibility index (Phi) is 2.44. The molecule has 1 aromatic heterocycles. The van der Waals surface area contributed by atoms with Gasteiger partial charge in [0.2, 0.25) is 5.89 Å². The Morgan fingerprint density at radius 3 is 3.00 bits per heavy atom. The van der Waals surface area contributed by atoms with Gasteiger partial charge in [-0.25, -0.2) is 0 Å². The van der Waals surface area contributed by atoms with Crippen LogP contribution in [0, 0.1) is 0 Å². The highest BCUT2D eigenvalue weighted by molar-refractivity contribution is 5.15. The smallest absolute Gasteiger partial charge is 0.315 e. The molecule has 2 heterocycles. The van der Waals surface area contributed by atoms with Crippen molar-refractivity contribution in [2.45, 2.75) is 25.3 Å². The van der Waals surface area contributed by atoms with Crippen molar-refractivity contribution in [3.63, 3.8) is 0 Å². The molecular formula is C8H14N4O. The summed E-state index contributed by atoms with van der Waals surface area (Å²) in [6.07, 6.45) is 3.56. The van der Waals surface area contributed by atoms with E-state index in [0.29, 0.717) is 11.9 Å². The molecule has 2 N–H and O–H groups in total. The normalized spacial score (nSPS) is 23.0. The lowest BCUT2D eigenvalue weighted by Gasteiger charge is -2.19. The number of piperidine rings is 1. The Morgan fingerprint density at radius 1 is 1.46 bits per heavy atom. The van der Waals surface area contributed by atoms with E-state index in [1.165, 1.54) is 12.8 Å². The van der Waals surface area contributed by atoms with Crippen LogP contribution in [0.15, 0.2) is 4.42 Å². The lowest BCUT2D eigenvalue weighted by atomic mass is 10.1. The van der Waals surface area contributed by atoms with Crippen LogP contribution in [-0.4, -0.2) is 23.8 Å². The van der Waals surface area contributed by atoms with E-state index in [4.69, 9.17) is 4.42 Å². The fourth-order valence-electron chi connectivity index (χ4n) is 1.54. The second kappa shape index (κ2) is 3.74. The van der Waals surface area contributed by atoms with Crippen molar-refractivity contribution in [3.05, 3.63) is 5.89 Å². The quantitative estimate of drug-likeness (QED) is 0.712. The third kappa shape index (κ3) is 1.80. The predicted molar refractivity (Wildman–Crippen MR) is 48.4 cm³/mol. The lowest BCUT2D eigenvalue weighted by molar-refractivity contribution is 0.342. The summed E-state index contributed by atoms with van der Waals surface area (Å²) in [5, 5.41) is 14.0. The molecule has 1 unspecified atom stereocenters. The van der Waals surface area contributed by atoms with E-state index >= 15 is 0 Å². The first-order chi connectivity index (χ1) is 6.40. The summed E-state index contributed by atoms with van der Waals surface area (Å²) in [6, 6.07) is 0.741. The molecule has 1 aromatic rings. The van der Waals surface area contributed by atoms with E-state index in [2.05, 4.69) is 20.8 Å². The van der Waals surface area contributed by atoms with E-state index in [1.54, 1.807) is 7.05 Å². The molecule has 5 nitrogen and oxygen atoms in total. The summed E-state index contributed by atoms with van der Waals surface area (Å²) in [5.74, 6) is 0.698. The van der Waals surface area contributed by atoms with E-state index in [-0.39, 0.29) is 6.04 Å².